The standard InChI is InChI=1S/C18H31N5O3S2.C2HF3O2/c1-20-10-12-21(13-11-20)14-15-23(28(25,26)18-3-2-16-27-18)7-4-17(24)22-8-5-19-6-9-22;3-2(4,5)1(6)7/h2-3,16,19H,4-15H2,1H3;(H,6,7). The second kappa shape index (κ2) is 13.5. The number of nitrogens with zero attached hydrogens (tertiary/aromatic N) is 4. The molecule has 1 amide bonds. The van der Waals surface area contributed by atoms with Crippen LogP contribution in [-0.4, -0.2) is 130 Å². The minimum Gasteiger partial charge on any atom is -0.475 e. The molecule has 1 aromatic heterocycles. The average molecular weight is 544 g/mol. The van der Waals surface area contributed by atoms with Gasteiger partial charge in [-0.2, -0.15) is 17.5 Å². The Kier molecular flexibility index (Phi) is 11.4. The van der Waals surface area contributed by atoms with Crippen LogP contribution in [0.2, 0.25) is 0 Å². The first-order valence-corrected chi connectivity index (χ1v) is 13.5. The van der Waals surface area contributed by atoms with E-state index in [1.54, 1.807) is 17.5 Å². The molecule has 0 saturated carbocycles. The Bertz CT molecular complexity index is 901. The third kappa shape index (κ3) is 9.65. The Hall–Kier alpha value is -1.78. The molecular formula is C20H32F3N5O5S2. The van der Waals surface area contributed by atoms with Gasteiger partial charge in [0.15, 0.2) is 0 Å². The molecular weight excluding hydrogens is 511 g/mol. The van der Waals surface area contributed by atoms with Gasteiger partial charge in [-0.05, 0) is 18.5 Å². The molecule has 0 atom stereocenters. The number of sulfonamides is 1. The van der Waals surface area contributed by atoms with Crippen LogP contribution in [-0.2, 0) is 19.6 Å². The molecule has 2 N–H and O–H groups in total. The fourth-order valence-electron chi connectivity index (χ4n) is 3.51. The molecule has 200 valence electrons. The third-order valence-electron chi connectivity index (χ3n) is 5.64. The summed E-state index contributed by atoms with van der Waals surface area (Å²) in [6, 6.07) is 3.39. The van der Waals surface area contributed by atoms with Crippen LogP contribution in [0.15, 0.2) is 21.7 Å². The first-order valence-electron chi connectivity index (χ1n) is 11.1. The lowest BCUT2D eigenvalue weighted by atomic mass is 10.3. The number of rotatable bonds is 8. The maximum atomic E-state index is 13.1. The van der Waals surface area contributed by atoms with Crippen molar-refractivity contribution < 1.29 is 36.3 Å². The zero-order valence-electron chi connectivity index (χ0n) is 19.5. The fourth-order valence-corrected chi connectivity index (χ4v) is 6.08. The summed E-state index contributed by atoms with van der Waals surface area (Å²) in [5.74, 6) is -2.72. The molecule has 0 unspecified atom stereocenters. The molecule has 0 bridgehead atoms. The topological polar surface area (TPSA) is 114 Å². The SMILES string of the molecule is CN1CCN(CCN(CCC(=O)N2CCNCC2)S(=O)(=O)c2cccs2)CC1.O=C(O)C(F)(F)F. The summed E-state index contributed by atoms with van der Waals surface area (Å²) in [4.78, 5) is 27.8. The number of carboxylic acid groups (broad SMARTS) is 1. The van der Waals surface area contributed by atoms with Crippen LogP contribution in [0.4, 0.5) is 13.2 Å². The number of aliphatic carboxylic acids is 1. The number of hydrogen-bond acceptors (Lipinski definition) is 8. The molecule has 10 nitrogen and oxygen atoms in total. The number of alkyl halides is 3. The molecule has 2 aliphatic heterocycles. The zero-order chi connectivity index (χ0) is 26.1. The number of thiophene rings is 1. The van der Waals surface area contributed by atoms with Gasteiger partial charge in [0.25, 0.3) is 10.0 Å². The van der Waals surface area contributed by atoms with E-state index in [9.17, 15) is 26.4 Å². The number of nitrogens with one attached hydrogen (secondary N) is 1. The number of carboxylic acids is 1. The molecule has 35 heavy (non-hydrogen) atoms. The van der Waals surface area contributed by atoms with E-state index >= 15 is 0 Å². The van der Waals surface area contributed by atoms with E-state index in [4.69, 9.17) is 9.90 Å². The minimum absolute atomic E-state index is 0.0347. The fraction of sp³-hybridized carbons (Fsp3) is 0.700. The normalized spacial score (nSPS) is 18.3. The molecule has 0 aliphatic carbocycles. The molecule has 0 radical (unpaired) electrons. The van der Waals surface area contributed by atoms with Crippen LogP contribution < -0.4 is 5.32 Å². The van der Waals surface area contributed by atoms with Crippen LogP contribution in [0.25, 0.3) is 0 Å². The van der Waals surface area contributed by atoms with Crippen LogP contribution in [0, 0.1) is 0 Å². The molecule has 0 aromatic carbocycles. The van der Waals surface area contributed by atoms with Crippen molar-refractivity contribution in [3.63, 3.8) is 0 Å². The van der Waals surface area contributed by atoms with Gasteiger partial charge in [0, 0.05) is 78.4 Å². The van der Waals surface area contributed by atoms with Gasteiger partial charge in [0.05, 0.1) is 0 Å². The first kappa shape index (κ1) is 29.5. The maximum Gasteiger partial charge on any atom is 0.490 e. The lowest BCUT2D eigenvalue weighted by Crippen LogP contribution is -2.49. The summed E-state index contributed by atoms with van der Waals surface area (Å²) in [5.41, 5.74) is 0. The quantitative estimate of drug-likeness (QED) is 0.486. The second-order valence-electron chi connectivity index (χ2n) is 8.16. The molecule has 0 spiro atoms. The van der Waals surface area contributed by atoms with Crippen molar-refractivity contribution in [2.45, 2.75) is 16.8 Å². The van der Waals surface area contributed by atoms with Crippen molar-refractivity contribution in [3.05, 3.63) is 17.5 Å². The molecule has 1 aromatic rings. The number of halogens is 3. The molecule has 2 saturated heterocycles. The van der Waals surface area contributed by atoms with Crippen LogP contribution in [0.5, 0.6) is 0 Å². The monoisotopic (exact) mass is 543 g/mol. The Morgan fingerprint density at radius 3 is 2.23 bits per heavy atom. The number of piperazine rings is 2. The predicted octanol–water partition coefficient (Wildman–Crippen LogP) is 0.441. The van der Waals surface area contributed by atoms with Gasteiger partial charge >= 0.3 is 12.1 Å². The largest absolute Gasteiger partial charge is 0.490 e. The molecule has 3 heterocycles. The summed E-state index contributed by atoms with van der Waals surface area (Å²) in [6.07, 6.45) is -4.85. The number of carbonyl (C=O) groups excluding carboxylic acids is 1. The lowest BCUT2D eigenvalue weighted by Gasteiger charge is -2.34. The Balaban J connectivity index is 0.000000540. The minimum atomic E-state index is -5.08. The molecule has 2 aliphatic rings. The van der Waals surface area contributed by atoms with E-state index in [1.165, 1.54) is 15.6 Å². The van der Waals surface area contributed by atoms with Crippen molar-refractivity contribution >= 4 is 33.2 Å². The number of hydrogen-bond donors (Lipinski definition) is 2. The van der Waals surface area contributed by atoms with Gasteiger partial charge in [-0.15, -0.1) is 11.3 Å². The molecule has 2 fully saturated rings. The van der Waals surface area contributed by atoms with Crippen LogP contribution in [0.1, 0.15) is 6.42 Å². The van der Waals surface area contributed by atoms with E-state index in [1.807, 2.05) is 4.90 Å². The van der Waals surface area contributed by atoms with Crippen LogP contribution in [0.3, 0.4) is 0 Å². The Morgan fingerprint density at radius 1 is 1.11 bits per heavy atom. The van der Waals surface area contributed by atoms with Crippen molar-refractivity contribution in [3.8, 4) is 0 Å². The highest BCUT2D eigenvalue weighted by molar-refractivity contribution is 7.91. The number of amides is 1. The lowest BCUT2D eigenvalue weighted by molar-refractivity contribution is -0.192. The van der Waals surface area contributed by atoms with Crippen molar-refractivity contribution in [2.24, 2.45) is 0 Å². The van der Waals surface area contributed by atoms with Gasteiger partial charge < -0.3 is 20.2 Å². The van der Waals surface area contributed by atoms with Crippen molar-refractivity contribution in [1.82, 2.24) is 24.3 Å². The van der Waals surface area contributed by atoms with Crippen molar-refractivity contribution in [1.29, 1.82) is 0 Å². The molecule has 15 heteroatoms. The van der Waals surface area contributed by atoms with E-state index < -0.39 is 22.2 Å². The van der Waals surface area contributed by atoms with E-state index in [-0.39, 0.29) is 18.9 Å². The highest BCUT2D eigenvalue weighted by Crippen LogP contribution is 2.21. The molecule has 3 rings (SSSR count). The van der Waals surface area contributed by atoms with Crippen LogP contribution >= 0.6 is 11.3 Å². The number of carbonyl (C=O) groups is 2. The van der Waals surface area contributed by atoms with Gasteiger partial charge in [-0.3, -0.25) is 9.69 Å². The smallest absolute Gasteiger partial charge is 0.475 e. The summed E-state index contributed by atoms with van der Waals surface area (Å²) in [7, 11) is -1.46. The first-order chi connectivity index (χ1) is 16.4. The predicted molar refractivity (Wildman–Crippen MR) is 125 cm³/mol. The van der Waals surface area contributed by atoms with Crippen molar-refractivity contribution in [2.75, 3.05) is 79.0 Å². The third-order valence-corrected chi connectivity index (χ3v) is 8.91. The summed E-state index contributed by atoms with van der Waals surface area (Å²) in [5, 5.41) is 12.1. The Labute approximate surface area is 207 Å². The number of likely N-dealkylation sites (N-methyl/N-ethyl adjacent to an activating group) is 1. The summed E-state index contributed by atoms with van der Waals surface area (Å²) < 4.78 is 59.7. The highest BCUT2D eigenvalue weighted by atomic mass is 32.2. The van der Waals surface area contributed by atoms with Gasteiger partial charge in [0.2, 0.25) is 5.91 Å². The van der Waals surface area contributed by atoms with Gasteiger partial charge in [-0.25, -0.2) is 13.2 Å². The zero-order valence-corrected chi connectivity index (χ0v) is 21.2. The Morgan fingerprint density at radius 2 is 1.71 bits per heavy atom. The van der Waals surface area contributed by atoms with Gasteiger partial charge in [-0.1, -0.05) is 6.07 Å². The van der Waals surface area contributed by atoms with Gasteiger partial charge in [0.1, 0.15) is 4.21 Å². The average Bonchev–Trinajstić information content (AvgIpc) is 3.36. The van der Waals surface area contributed by atoms with E-state index in [0.29, 0.717) is 30.4 Å². The second-order valence-corrected chi connectivity index (χ2v) is 11.3. The maximum absolute atomic E-state index is 13.1. The summed E-state index contributed by atoms with van der Waals surface area (Å²) >= 11 is 1.23. The van der Waals surface area contributed by atoms with E-state index in [2.05, 4.69) is 22.2 Å². The summed E-state index contributed by atoms with van der Waals surface area (Å²) in [6.45, 7) is 8.22. The highest BCUT2D eigenvalue weighted by Gasteiger charge is 2.38. The van der Waals surface area contributed by atoms with E-state index in [0.717, 1.165) is 39.3 Å².